The van der Waals surface area contributed by atoms with Crippen molar-refractivity contribution in [2.45, 2.75) is 18.5 Å². The second-order valence-electron chi connectivity index (χ2n) is 7.08. The third-order valence-electron chi connectivity index (χ3n) is 5.36. The molecule has 0 aromatic heterocycles. The van der Waals surface area contributed by atoms with Crippen LogP contribution in [0.25, 0.3) is 0 Å². The van der Waals surface area contributed by atoms with Gasteiger partial charge in [0.25, 0.3) is 0 Å². The van der Waals surface area contributed by atoms with Crippen molar-refractivity contribution < 1.29 is 37.0 Å². The average molecular weight is 433 g/mol. The number of halogens is 3. The molecular weight excluding hydrogens is 415 g/mol. The lowest BCUT2D eigenvalue weighted by atomic mass is 9.83. The summed E-state index contributed by atoms with van der Waals surface area (Å²) in [5, 5.41) is 0. The minimum absolute atomic E-state index is 0.0293. The number of hydrogen-bond donors (Lipinski definition) is 0. The Morgan fingerprint density at radius 3 is 2.52 bits per heavy atom. The number of amides is 1. The molecule has 0 aliphatic carbocycles. The van der Waals surface area contributed by atoms with Crippen LogP contribution in [0, 0.1) is 0 Å². The standard InChI is InChI=1S/C22H18F3NO5/c1-29-14-6-7-18(30-2)15(9-14)16-10-19(27)26(17-11-31-21(28)20(16)17)13-5-3-4-12(8-13)22(23,24)25/h3-9,16H,10-11H2,1-2H3/t16-/m1/s1. The summed E-state index contributed by atoms with van der Waals surface area (Å²) in [6.07, 6.45) is -4.71. The van der Waals surface area contributed by atoms with E-state index in [1.165, 1.54) is 26.4 Å². The fourth-order valence-corrected chi connectivity index (χ4v) is 3.95. The molecule has 6 nitrogen and oxygen atoms in total. The highest BCUT2D eigenvalue weighted by Crippen LogP contribution is 2.45. The first-order chi connectivity index (χ1) is 14.7. The summed E-state index contributed by atoms with van der Waals surface area (Å²) in [7, 11) is 2.95. The van der Waals surface area contributed by atoms with Gasteiger partial charge < -0.3 is 14.2 Å². The van der Waals surface area contributed by atoms with Crippen LogP contribution in [-0.2, 0) is 20.5 Å². The van der Waals surface area contributed by atoms with E-state index in [2.05, 4.69) is 0 Å². The molecule has 31 heavy (non-hydrogen) atoms. The Hall–Kier alpha value is -3.49. The summed E-state index contributed by atoms with van der Waals surface area (Å²) < 4.78 is 55.4. The summed E-state index contributed by atoms with van der Waals surface area (Å²) in [4.78, 5) is 26.8. The Bertz CT molecular complexity index is 1090. The molecule has 4 rings (SSSR count). The fraction of sp³-hybridized carbons (Fsp3) is 0.273. The van der Waals surface area contributed by atoms with E-state index < -0.39 is 29.5 Å². The highest BCUT2D eigenvalue weighted by atomic mass is 19.4. The number of benzene rings is 2. The molecule has 2 heterocycles. The Labute approximate surface area is 175 Å². The van der Waals surface area contributed by atoms with Crippen LogP contribution in [-0.4, -0.2) is 32.7 Å². The van der Waals surface area contributed by atoms with Crippen LogP contribution in [0.4, 0.5) is 18.9 Å². The molecule has 0 bridgehead atoms. The van der Waals surface area contributed by atoms with E-state index >= 15 is 0 Å². The number of anilines is 1. The minimum atomic E-state index is -4.56. The van der Waals surface area contributed by atoms with E-state index in [0.29, 0.717) is 17.1 Å². The average Bonchev–Trinajstić information content (AvgIpc) is 3.13. The van der Waals surface area contributed by atoms with Gasteiger partial charge in [0, 0.05) is 23.6 Å². The third kappa shape index (κ3) is 3.60. The van der Waals surface area contributed by atoms with Gasteiger partial charge in [-0.2, -0.15) is 13.2 Å². The summed E-state index contributed by atoms with van der Waals surface area (Å²) in [6, 6.07) is 9.45. The number of methoxy groups -OCH3 is 2. The van der Waals surface area contributed by atoms with Crippen molar-refractivity contribution >= 4 is 17.6 Å². The molecule has 0 spiro atoms. The molecule has 0 radical (unpaired) electrons. The molecule has 0 unspecified atom stereocenters. The van der Waals surface area contributed by atoms with Crippen LogP contribution in [0.15, 0.2) is 53.7 Å². The molecule has 1 amide bonds. The molecular formula is C22H18F3NO5. The zero-order valence-electron chi connectivity index (χ0n) is 16.7. The van der Waals surface area contributed by atoms with Gasteiger partial charge in [-0.25, -0.2) is 4.79 Å². The van der Waals surface area contributed by atoms with Crippen molar-refractivity contribution in [3.05, 3.63) is 64.9 Å². The molecule has 2 aromatic rings. The van der Waals surface area contributed by atoms with Crippen LogP contribution >= 0.6 is 0 Å². The smallest absolute Gasteiger partial charge is 0.416 e. The van der Waals surface area contributed by atoms with E-state index in [0.717, 1.165) is 17.0 Å². The van der Waals surface area contributed by atoms with Crippen molar-refractivity contribution in [2.75, 3.05) is 25.7 Å². The zero-order chi connectivity index (χ0) is 22.3. The van der Waals surface area contributed by atoms with Gasteiger partial charge in [0.2, 0.25) is 5.91 Å². The predicted octanol–water partition coefficient (Wildman–Crippen LogP) is 4.05. The zero-order valence-corrected chi connectivity index (χ0v) is 16.7. The second-order valence-corrected chi connectivity index (χ2v) is 7.08. The van der Waals surface area contributed by atoms with Gasteiger partial charge in [0.05, 0.1) is 31.1 Å². The van der Waals surface area contributed by atoms with Gasteiger partial charge in [-0.1, -0.05) is 6.07 Å². The maximum atomic E-state index is 13.2. The molecule has 1 atom stereocenters. The summed E-state index contributed by atoms with van der Waals surface area (Å²) in [6.45, 7) is -0.209. The lowest BCUT2D eigenvalue weighted by Crippen LogP contribution is -2.37. The van der Waals surface area contributed by atoms with Crippen molar-refractivity contribution in [1.29, 1.82) is 0 Å². The number of rotatable bonds is 4. The lowest BCUT2D eigenvalue weighted by Gasteiger charge is -2.32. The molecule has 0 N–H and O–H groups in total. The van der Waals surface area contributed by atoms with E-state index in [-0.39, 0.29) is 30.0 Å². The summed E-state index contributed by atoms with van der Waals surface area (Å²) in [5.41, 5.74) is 0.160. The summed E-state index contributed by atoms with van der Waals surface area (Å²) in [5.74, 6) is -0.778. The van der Waals surface area contributed by atoms with Gasteiger partial charge in [0.1, 0.15) is 18.1 Å². The largest absolute Gasteiger partial charge is 0.497 e. The Kier molecular flexibility index (Phi) is 5.12. The number of cyclic esters (lactones) is 1. The van der Waals surface area contributed by atoms with Gasteiger partial charge in [-0.15, -0.1) is 0 Å². The van der Waals surface area contributed by atoms with E-state index in [1.807, 2.05) is 0 Å². The fourth-order valence-electron chi connectivity index (χ4n) is 3.95. The van der Waals surface area contributed by atoms with Crippen LogP contribution in [0.5, 0.6) is 11.5 Å². The Morgan fingerprint density at radius 1 is 1.06 bits per heavy atom. The van der Waals surface area contributed by atoms with Crippen molar-refractivity contribution in [2.24, 2.45) is 0 Å². The van der Waals surface area contributed by atoms with E-state index in [4.69, 9.17) is 14.2 Å². The molecule has 2 aliphatic heterocycles. The number of carbonyl (C=O) groups is 2. The second kappa shape index (κ2) is 7.64. The normalized spacial score (nSPS) is 18.7. The molecule has 2 aromatic carbocycles. The number of nitrogens with zero attached hydrogens (tertiary/aromatic N) is 1. The number of carbonyl (C=O) groups excluding carboxylic acids is 2. The van der Waals surface area contributed by atoms with Gasteiger partial charge in [-0.3, -0.25) is 9.69 Å². The SMILES string of the molecule is COc1ccc(OC)c([C@H]2CC(=O)N(c3cccc(C(F)(F)F)c3)C3=C2C(=O)OC3)c1. The summed E-state index contributed by atoms with van der Waals surface area (Å²) >= 11 is 0. The molecule has 0 saturated heterocycles. The lowest BCUT2D eigenvalue weighted by molar-refractivity contribution is -0.138. The van der Waals surface area contributed by atoms with E-state index in [1.54, 1.807) is 18.2 Å². The Morgan fingerprint density at radius 2 is 1.84 bits per heavy atom. The first-order valence-electron chi connectivity index (χ1n) is 9.37. The maximum absolute atomic E-state index is 13.2. The van der Waals surface area contributed by atoms with Crippen LogP contribution in [0.3, 0.4) is 0 Å². The van der Waals surface area contributed by atoms with Gasteiger partial charge in [0.15, 0.2) is 0 Å². The van der Waals surface area contributed by atoms with Gasteiger partial charge in [-0.05, 0) is 36.4 Å². The first kappa shape index (κ1) is 20.8. The third-order valence-corrected chi connectivity index (χ3v) is 5.36. The van der Waals surface area contributed by atoms with Crippen LogP contribution in [0.1, 0.15) is 23.5 Å². The van der Waals surface area contributed by atoms with E-state index in [9.17, 15) is 22.8 Å². The first-order valence-corrected chi connectivity index (χ1v) is 9.37. The minimum Gasteiger partial charge on any atom is -0.497 e. The number of esters is 1. The highest BCUT2D eigenvalue weighted by Gasteiger charge is 2.44. The topological polar surface area (TPSA) is 65.1 Å². The van der Waals surface area contributed by atoms with Crippen molar-refractivity contribution in [1.82, 2.24) is 0 Å². The number of alkyl halides is 3. The van der Waals surface area contributed by atoms with Gasteiger partial charge >= 0.3 is 12.1 Å². The maximum Gasteiger partial charge on any atom is 0.416 e. The molecule has 162 valence electrons. The quantitative estimate of drug-likeness (QED) is 0.681. The van der Waals surface area contributed by atoms with Crippen LogP contribution in [0.2, 0.25) is 0 Å². The Balaban J connectivity index is 1.85. The van der Waals surface area contributed by atoms with Crippen molar-refractivity contribution in [3.63, 3.8) is 0 Å². The molecule has 9 heteroatoms. The molecule has 2 aliphatic rings. The number of ether oxygens (including phenoxy) is 3. The molecule has 0 saturated carbocycles. The number of hydrogen-bond acceptors (Lipinski definition) is 5. The van der Waals surface area contributed by atoms with Crippen LogP contribution < -0.4 is 14.4 Å². The highest BCUT2D eigenvalue weighted by molar-refractivity contribution is 6.06. The monoisotopic (exact) mass is 433 g/mol. The van der Waals surface area contributed by atoms with Crippen molar-refractivity contribution in [3.8, 4) is 11.5 Å². The molecule has 0 fully saturated rings. The predicted molar refractivity (Wildman–Crippen MR) is 104 cm³/mol.